The third-order valence-electron chi connectivity index (χ3n) is 5.76. The Hall–Kier alpha value is -2.74. The van der Waals surface area contributed by atoms with Gasteiger partial charge in [-0.1, -0.05) is 19.9 Å². The lowest BCUT2D eigenvalue weighted by Crippen LogP contribution is -2.50. The van der Waals surface area contributed by atoms with Crippen LogP contribution >= 0.6 is 0 Å². The van der Waals surface area contributed by atoms with Gasteiger partial charge in [0.25, 0.3) is 0 Å². The number of aryl methyl sites for hydroxylation is 1. The molecule has 1 saturated heterocycles. The number of carbonyl (C=O) groups is 2. The van der Waals surface area contributed by atoms with E-state index in [1.807, 2.05) is 51.2 Å². The zero-order valence-electron chi connectivity index (χ0n) is 17.4. The number of carbonyl (C=O) groups excluding carboxylic acids is 1. The van der Waals surface area contributed by atoms with Crippen LogP contribution < -0.4 is 5.32 Å². The predicted molar refractivity (Wildman–Crippen MR) is 108 cm³/mol. The second kappa shape index (κ2) is 8.32. The Balaban J connectivity index is 1.91. The minimum atomic E-state index is -1.09. The van der Waals surface area contributed by atoms with Crippen molar-refractivity contribution >= 4 is 11.9 Å². The minimum absolute atomic E-state index is 0.151. The van der Waals surface area contributed by atoms with Gasteiger partial charge in [-0.2, -0.15) is 5.10 Å². The molecular formula is C21H29N5O3. The highest BCUT2D eigenvalue weighted by molar-refractivity contribution is 5.85. The molecule has 1 aliphatic rings. The molecule has 2 N–H and O–H groups in total. The largest absolute Gasteiger partial charge is 0.480 e. The van der Waals surface area contributed by atoms with E-state index in [1.165, 1.54) is 0 Å². The number of carboxylic acid groups (broad SMARTS) is 1. The maximum atomic E-state index is 13.2. The summed E-state index contributed by atoms with van der Waals surface area (Å²) < 4.78 is 1.68. The van der Waals surface area contributed by atoms with Crippen molar-refractivity contribution < 1.29 is 14.7 Å². The molecule has 8 heteroatoms. The second-order valence-electron chi connectivity index (χ2n) is 8.33. The molecule has 1 fully saturated rings. The van der Waals surface area contributed by atoms with Crippen LogP contribution in [0.25, 0.3) is 0 Å². The zero-order valence-corrected chi connectivity index (χ0v) is 17.4. The van der Waals surface area contributed by atoms with E-state index in [0.29, 0.717) is 13.0 Å². The van der Waals surface area contributed by atoms with Crippen molar-refractivity contribution in [3.63, 3.8) is 0 Å². The molecule has 0 aliphatic carbocycles. The molecule has 3 atom stereocenters. The van der Waals surface area contributed by atoms with Gasteiger partial charge in [0.05, 0.1) is 12.1 Å². The van der Waals surface area contributed by atoms with Gasteiger partial charge in [0, 0.05) is 43.8 Å². The van der Waals surface area contributed by atoms with Crippen LogP contribution in [0.2, 0.25) is 0 Å². The van der Waals surface area contributed by atoms with E-state index in [1.54, 1.807) is 23.3 Å². The van der Waals surface area contributed by atoms with Crippen molar-refractivity contribution in [2.75, 3.05) is 7.05 Å². The number of carboxylic acids is 1. The molecule has 0 radical (unpaired) electrons. The summed E-state index contributed by atoms with van der Waals surface area (Å²) in [6, 6.07) is 3.37. The summed E-state index contributed by atoms with van der Waals surface area (Å²) in [4.78, 5) is 31.6. The van der Waals surface area contributed by atoms with E-state index in [4.69, 9.17) is 0 Å². The summed E-state index contributed by atoms with van der Waals surface area (Å²) in [5.41, 5.74) is 0.658. The van der Waals surface area contributed by atoms with E-state index < -0.39 is 17.4 Å². The van der Waals surface area contributed by atoms with Gasteiger partial charge in [-0.05, 0) is 37.4 Å². The van der Waals surface area contributed by atoms with Crippen molar-refractivity contribution in [1.29, 1.82) is 0 Å². The SMILES string of the molecule is CC(C)C[C@@]1(C(=O)O)C[C@H](C(=O)NCc2cnn(C)c2)[C@H](c2cccnc2)N1C. The van der Waals surface area contributed by atoms with Crippen LogP contribution in [-0.4, -0.2) is 49.2 Å². The Morgan fingerprint density at radius 2 is 2.10 bits per heavy atom. The maximum absolute atomic E-state index is 13.2. The Labute approximate surface area is 170 Å². The quantitative estimate of drug-likeness (QED) is 0.739. The molecule has 0 spiro atoms. The van der Waals surface area contributed by atoms with E-state index in [0.717, 1.165) is 11.1 Å². The van der Waals surface area contributed by atoms with Gasteiger partial charge in [0.2, 0.25) is 5.91 Å². The monoisotopic (exact) mass is 399 g/mol. The van der Waals surface area contributed by atoms with Crippen LogP contribution in [0.5, 0.6) is 0 Å². The van der Waals surface area contributed by atoms with Crippen molar-refractivity contribution in [2.24, 2.45) is 18.9 Å². The summed E-state index contributed by atoms with van der Waals surface area (Å²) in [7, 11) is 3.63. The molecule has 2 aromatic rings. The highest BCUT2D eigenvalue weighted by Crippen LogP contribution is 2.48. The third-order valence-corrected chi connectivity index (χ3v) is 5.76. The number of aliphatic carboxylic acids is 1. The third kappa shape index (κ3) is 4.17. The number of likely N-dealkylation sites (tertiary alicyclic amines) is 1. The minimum Gasteiger partial charge on any atom is -0.480 e. The Morgan fingerprint density at radius 1 is 1.34 bits per heavy atom. The number of rotatable bonds is 7. The van der Waals surface area contributed by atoms with Crippen molar-refractivity contribution in [2.45, 2.75) is 44.8 Å². The van der Waals surface area contributed by atoms with Gasteiger partial charge in [-0.25, -0.2) is 0 Å². The smallest absolute Gasteiger partial charge is 0.324 e. The number of nitrogens with zero attached hydrogens (tertiary/aromatic N) is 4. The summed E-state index contributed by atoms with van der Waals surface area (Å²) >= 11 is 0. The Kier molecular flexibility index (Phi) is 6.02. The fourth-order valence-electron chi connectivity index (χ4n) is 4.51. The Morgan fingerprint density at radius 3 is 2.66 bits per heavy atom. The van der Waals surface area contributed by atoms with E-state index in [2.05, 4.69) is 15.4 Å². The van der Waals surface area contributed by atoms with Crippen LogP contribution in [0.4, 0.5) is 0 Å². The summed E-state index contributed by atoms with van der Waals surface area (Å²) in [5.74, 6) is -1.34. The highest BCUT2D eigenvalue weighted by Gasteiger charge is 2.57. The van der Waals surface area contributed by atoms with E-state index in [9.17, 15) is 14.7 Å². The lowest BCUT2D eigenvalue weighted by atomic mass is 9.83. The van der Waals surface area contributed by atoms with Gasteiger partial charge in [0.1, 0.15) is 5.54 Å². The molecule has 3 rings (SSSR count). The van der Waals surface area contributed by atoms with Crippen LogP contribution in [0, 0.1) is 11.8 Å². The first kappa shape index (κ1) is 21.0. The molecule has 156 valence electrons. The number of aromatic nitrogens is 3. The summed E-state index contributed by atoms with van der Waals surface area (Å²) in [5, 5.41) is 17.2. The van der Waals surface area contributed by atoms with Crippen molar-refractivity contribution in [1.82, 2.24) is 25.0 Å². The van der Waals surface area contributed by atoms with Crippen molar-refractivity contribution in [3.8, 4) is 0 Å². The van der Waals surface area contributed by atoms with Gasteiger partial charge in [-0.3, -0.25) is 24.2 Å². The molecule has 0 aromatic carbocycles. The first-order valence-electron chi connectivity index (χ1n) is 9.86. The molecule has 8 nitrogen and oxygen atoms in total. The zero-order chi connectivity index (χ0) is 21.2. The number of amides is 1. The standard InChI is InChI=1S/C21H29N5O3/c1-14(2)8-21(20(28)29)9-17(18(26(21)4)16-6-5-7-22-12-16)19(27)23-10-15-11-24-25(3)13-15/h5-7,11-14,17-18H,8-10H2,1-4H3,(H,23,27)(H,28,29)/t17-,18-,21-/m0/s1. The molecular weight excluding hydrogens is 370 g/mol. The van der Waals surface area contributed by atoms with Gasteiger partial charge >= 0.3 is 5.97 Å². The van der Waals surface area contributed by atoms with Crippen LogP contribution in [0.15, 0.2) is 36.9 Å². The predicted octanol–water partition coefficient (Wildman–Crippen LogP) is 1.99. The molecule has 1 amide bonds. The fourth-order valence-corrected chi connectivity index (χ4v) is 4.51. The molecule has 2 aromatic heterocycles. The molecule has 3 heterocycles. The topological polar surface area (TPSA) is 100 Å². The molecule has 1 aliphatic heterocycles. The normalized spacial score (nSPS) is 24.7. The number of hydrogen-bond donors (Lipinski definition) is 2. The first-order chi connectivity index (χ1) is 13.7. The maximum Gasteiger partial charge on any atom is 0.324 e. The first-order valence-corrected chi connectivity index (χ1v) is 9.86. The van der Waals surface area contributed by atoms with Crippen LogP contribution in [0.1, 0.15) is 43.9 Å². The fraction of sp³-hybridized carbons (Fsp3) is 0.524. The average molecular weight is 399 g/mol. The molecule has 0 bridgehead atoms. The van der Waals surface area contributed by atoms with Crippen molar-refractivity contribution in [3.05, 3.63) is 48.0 Å². The van der Waals surface area contributed by atoms with E-state index >= 15 is 0 Å². The lowest BCUT2D eigenvalue weighted by Gasteiger charge is -2.36. The second-order valence-corrected chi connectivity index (χ2v) is 8.33. The molecule has 0 unspecified atom stereocenters. The highest BCUT2D eigenvalue weighted by atomic mass is 16.4. The molecule has 0 saturated carbocycles. The summed E-state index contributed by atoms with van der Waals surface area (Å²) in [6.07, 6.45) is 7.68. The average Bonchev–Trinajstić information content (AvgIpc) is 3.22. The number of likely N-dealkylation sites (N-methyl/N-ethyl adjacent to an activating group) is 1. The van der Waals surface area contributed by atoms with Crippen LogP contribution in [-0.2, 0) is 23.2 Å². The Bertz CT molecular complexity index is 866. The number of hydrogen-bond acceptors (Lipinski definition) is 5. The number of pyridine rings is 1. The lowest BCUT2D eigenvalue weighted by molar-refractivity contribution is -0.151. The van der Waals surface area contributed by atoms with Gasteiger partial charge in [0.15, 0.2) is 0 Å². The summed E-state index contributed by atoms with van der Waals surface area (Å²) in [6.45, 7) is 4.37. The van der Waals surface area contributed by atoms with Gasteiger partial charge in [-0.15, -0.1) is 0 Å². The van der Waals surface area contributed by atoms with Gasteiger partial charge < -0.3 is 10.4 Å². The number of nitrogens with one attached hydrogen (secondary N) is 1. The molecule has 29 heavy (non-hydrogen) atoms. The van der Waals surface area contributed by atoms with E-state index in [-0.39, 0.29) is 24.3 Å². The van der Waals surface area contributed by atoms with Crippen LogP contribution in [0.3, 0.4) is 0 Å².